The lowest BCUT2D eigenvalue weighted by molar-refractivity contribution is -0.138. The van der Waals surface area contributed by atoms with Crippen LogP contribution >= 0.6 is 0 Å². The maximum atomic E-state index is 14.3. The van der Waals surface area contributed by atoms with E-state index >= 15 is 0 Å². The normalized spacial score (nSPS) is 21.6. The number of fused-ring (bicyclic) bond motifs is 1. The number of anilines is 2. The summed E-state index contributed by atoms with van der Waals surface area (Å²) in [5, 5.41) is 6.19. The molecule has 0 radical (unpaired) electrons. The van der Waals surface area contributed by atoms with Gasteiger partial charge in [0.2, 0.25) is 27.7 Å². The van der Waals surface area contributed by atoms with Crippen molar-refractivity contribution in [3.8, 4) is 6.01 Å². The van der Waals surface area contributed by atoms with Gasteiger partial charge in [-0.05, 0) is 110 Å². The number of amides is 4. The van der Waals surface area contributed by atoms with Crippen LogP contribution in [0.15, 0.2) is 60.7 Å². The fourth-order valence-electron chi connectivity index (χ4n) is 7.49. The van der Waals surface area contributed by atoms with Crippen molar-refractivity contribution in [2.24, 2.45) is 17.6 Å². The molecule has 3 fully saturated rings. The van der Waals surface area contributed by atoms with Crippen molar-refractivity contribution in [2.75, 3.05) is 17.2 Å². The second kappa shape index (κ2) is 17.6. The molecule has 2 aliphatic carbocycles. The molecule has 2 saturated carbocycles. The highest BCUT2D eigenvalue weighted by atomic mass is 32.2. The molecule has 5 atom stereocenters. The monoisotopic (exact) mass is 833 g/mol. The molecule has 1 saturated heterocycles. The van der Waals surface area contributed by atoms with E-state index in [1.54, 1.807) is 33.8 Å². The molecule has 1 aliphatic heterocycles. The molecule has 0 spiro atoms. The number of carbonyl (C=O) groups excluding carboxylic acids is 4. The van der Waals surface area contributed by atoms with E-state index in [0.717, 1.165) is 36.9 Å². The second-order valence-corrected chi connectivity index (χ2v) is 19.8. The Balaban J connectivity index is 1.07. The molecule has 0 bridgehead atoms. The van der Waals surface area contributed by atoms with Crippen LogP contribution in [0.25, 0.3) is 11.0 Å². The van der Waals surface area contributed by atoms with E-state index in [4.69, 9.17) is 20.2 Å². The van der Waals surface area contributed by atoms with Gasteiger partial charge in [-0.1, -0.05) is 49.3 Å². The number of benzene rings is 2. The Morgan fingerprint density at radius 3 is 2.41 bits per heavy atom. The third-order valence-electron chi connectivity index (χ3n) is 11.2. The van der Waals surface area contributed by atoms with Gasteiger partial charge in [0.1, 0.15) is 29.3 Å². The standard InChI is InChI=1S/C43H59N7O8S/c1-27(2)50-34-21-15-20-32(46-41(54)58-42(3,4)5)36(34)47-40(50)57-30-25-35(37(44)51)49(26-30)39(53)33(45-29-17-12-10-13-18-29)19-14-9-7-8-11-16-28-24-31(28)38(52)48-59(55,56)43(6)22-23-43/h10-13,15-18,20-21,27-28,30-31,33,35,45H,7-9,14,19,22-26H2,1-6H3,(H2,44,51)(H,46,54)(H,48,52). The lowest BCUT2D eigenvalue weighted by atomic mass is 10.0. The van der Waals surface area contributed by atoms with Crippen molar-refractivity contribution in [1.29, 1.82) is 0 Å². The summed E-state index contributed by atoms with van der Waals surface area (Å²) in [6, 6.07) is 13.6. The predicted octanol–water partition coefficient (Wildman–Crippen LogP) is 6.42. The van der Waals surface area contributed by atoms with Crippen molar-refractivity contribution in [2.45, 2.75) is 134 Å². The molecule has 16 heteroatoms. The van der Waals surface area contributed by atoms with Crippen LogP contribution in [0.5, 0.6) is 6.01 Å². The Bertz CT molecular complexity index is 2160. The average molecular weight is 834 g/mol. The van der Waals surface area contributed by atoms with E-state index in [1.807, 2.05) is 73.0 Å². The van der Waals surface area contributed by atoms with E-state index in [9.17, 15) is 27.6 Å². The third kappa shape index (κ3) is 10.7. The zero-order chi connectivity index (χ0) is 42.7. The number of para-hydroxylation sites is 2. The zero-order valence-corrected chi connectivity index (χ0v) is 35.7. The highest BCUT2D eigenvalue weighted by Gasteiger charge is 2.52. The van der Waals surface area contributed by atoms with Gasteiger partial charge in [0.15, 0.2) is 0 Å². The van der Waals surface area contributed by atoms with Crippen LogP contribution in [0.3, 0.4) is 0 Å². The number of nitrogens with zero attached hydrogens (tertiary/aromatic N) is 3. The summed E-state index contributed by atoms with van der Waals surface area (Å²) in [5.74, 6) is -1.55. The smallest absolute Gasteiger partial charge is 0.412 e. The lowest BCUT2D eigenvalue weighted by Gasteiger charge is -2.28. The number of carbonyl (C=O) groups is 4. The Hall–Kier alpha value is -5.12. The summed E-state index contributed by atoms with van der Waals surface area (Å²) in [7, 11) is -3.63. The number of unbranched alkanes of at least 4 members (excludes halogenated alkanes) is 3. The van der Waals surface area contributed by atoms with Gasteiger partial charge in [0.05, 0.1) is 22.5 Å². The molecule has 4 amide bonds. The van der Waals surface area contributed by atoms with Crippen LogP contribution in [0.1, 0.15) is 105 Å². The minimum atomic E-state index is -3.63. The third-order valence-corrected chi connectivity index (χ3v) is 13.3. The maximum absolute atomic E-state index is 14.3. The Morgan fingerprint density at radius 1 is 1.02 bits per heavy atom. The summed E-state index contributed by atoms with van der Waals surface area (Å²) >= 11 is 0. The molecular weight excluding hydrogens is 775 g/mol. The number of sulfonamides is 1. The number of primary amides is 1. The SMILES string of the molecule is CC(C)n1c(OC2CC(C(N)=O)N(C(=O)C(CCCCCC=CC3CC3C(=O)NS(=O)(=O)C3(C)CC3)Nc3ccccc3)C2)nc2c(NC(=O)OC(C)(C)C)cccc21. The number of ether oxygens (including phenoxy) is 2. The van der Waals surface area contributed by atoms with Crippen molar-refractivity contribution < 1.29 is 37.1 Å². The summed E-state index contributed by atoms with van der Waals surface area (Å²) in [4.78, 5) is 58.7. The molecule has 1 aromatic heterocycles. The molecule has 59 heavy (non-hydrogen) atoms. The second-order valence-electron chi connectivity index (χ2n) is 17.6. The van der Waals surface area contributed by atoms with E-state index in [0.29, 0.717) is 42.9 Å². The zero-order valence-electron chi connectivity index (χ0n) is 34.9. The summed E-state index contributed by atoms with van der Waals surface area (Å²) in [6.45, 7) is 11.1. The quantitative estimate of drug-likeness (QED) is 0.0818. The number of likely N-dealkylation sites (tertiary alicyclic amines) is 1. The first kappa shape index (κ1) is 43.5. The van der Waals surface area contributed by atoms with Crippen LogP contribution in [-0.2, 0) is 29.1 Å². The molecule has 2 aromatic carbocycles. The van der Waals surface area contributed by atoms with E-state index in [-0.39, 0.29) is 36.8 Å². The first-order valence-electron chi connectivity index (χ1n) is 20.7. The van der Waals surface area contributed by atoms with Crippen LogP contribution in [0, 0.1) is 11.8 Å². The van der Waals surface area contributed by atoms with Gasteiger partial charge in [-0.2, -0.15) is 4.98 Å². The minimum Gasteiger partial charge on any atom is -0.459 e. The van der Waals surface area contributed by atoms with Crippen LogP contribution in [0.4, 0.5) is 16.2 Å². The van der Waals surface area contributed by atoms with Crippen molar-refractivity contribution in [1.82, 2.24) is 19.2 Å². The maximum Gasteiger partial charge on any atom is 0.412 e. The minimum absolute atomic E-state index is 0.0453. The van der Waals surface area contributed by atoms with E-state index in [1.165, 1.54) is 4.90 Å². The number of hydrogen-bond donors (Lipinski definition) is 4. The first-order chi connectivity index (χ1) is 27.9. The van der Waals surface area contributed by atoms with Gasteiger partial charge in [-0.15, -0.1) is 0 Å². The number of nitrogens with one attached hydrogen (secondary N) is 3. The largest absolute Gasteiger partial charge is 0.459 e. The summed E-state index contributed by atoms with van der Waals surface area (Å²) in [5.41, 5.74) is 7.71. The molecule has 2 heterocycles. The number of rotatable bonds is 18. The molecule has 3 aliphatic rings. The number of hydrogen-bond acceptors (Lipinski definition) is 10. The Kier molecular flexibility index (Phi) is 13.0. The van der Waals surface area contributed by atoms with Gasteiger partial charge >= 0.3 is 6.09 Å². The molecule has 3 aromatic rings. The predicted molar refractivity (Wildman–Crippen MR) is 226 cm³/mol. The highest BCUT2D eigenvalue weighted by Crippen LogP contribution is 2.44. The van der Waals surface area contributed by atoms with Crippen molar-refractivity contribution >= 4 is 56.2 Å². The summed E-state index contributed by atoms with van der Waals surface area (Å²) < 4.78 is 40.2. The average Bonchev–Trinajstić information content (AvgIpc) is 4.03. The molecule has 320 valence electrons. The van der Waals surface area contributed by atoms with Crippen LogP contribution in [-0.4, -0.2) is 81.8 Å². The van der Waals surface area contributed by atoms with E-state index < -0.39 is 56.5 Å². The number of nitrogens with two attached hydrogens (primary N) is 1. The number of imidazole rings is 1. The Morgan fingerprint density at radius 2 is 1.75 bits per heavy atom. The molecule has 15 nitrogen and oxygen atoms in total. The topological polar surface area (TPSA) is 204 Å². The number of allylic oxidation sites excluding steroid dienone is 2. The highest BCUT2D eigenvalue weighted by molar-refractivity contribution is 7.91. The molecule has 5 unspecified atom stereocenters. The fourth-order valence-corrected chi connectivity index (χ4v) is 8.80. The fraction of sp³-hybridized carbons (Fsp3) is 0.558. The summed E-state index contributed by atoms with van der Waals surface area (Å²) in [6.07, 6.45) is 8.60. The number of aromatic nitrogens is 2. The van der Waals surface area contributed by atoms with Gasteiger partial charge in [0.25, 0.3) is 6.01 Å². The van der Waals surface area contributed by atoms with Crippen LogP contribution < -0.4 is 25.8 Å². The molecular formula is C43H59N7O8S. The van der Waals surface area contributed by atoms with Crippen LogP contribution in [0.2, 0.25) is 0 Å². The van der Waals surface area contributed by atoms with Gasteiger partial charge in [0, 0.05) is 24.1 Å². The van der Waals surface area contributed by atoms with Crippen molar-refractivity contribution in [3.05, 3.63) is 60.7 Å². The van der Waals surface area contributed by atoms with Gasteiger partial charge in [-0.25, -0.2) is 13.2 Å². The molecule has 5 N–H and O–H groups in total. The van der Waals surface area contributed by atoms with Gasteiger partial charge in [-0.3, -0.25) is 29.0 Å². The lowest BCUT2D eigenvalue weighted by Crippen LogP contribution is -2.49. The van der Waals surface area contributed by atoms with Gasteiger partial charge < -0.3 is 25.4 Å². The van der Waals surface area contributed by atoms with E-state index in [2.05, 4.69) is 15.4 Å². The Labute approximate surface area is 346 Å². The molecule has 6 rings (SSSR count). The first-order valence-corrected chi connectivity index (χ1v) is 22.2. The van der Waals surface area contributed by atoms with Crippen molar-refractivity contribution in [3.63, 3.8) is 0 Å².